The Balaban J connectivity index is 2.72. The molecule has 0 saturated carbocycles. The first-order valence-corrected chi connectivity index (χ1v) is 5.28. The van der Waals surface area contributed by atoms with Crippen LogP contribution in [0.25, 0.3) is 0 Å². The second-order valence-corrected chi connectivity index (χ2v) is 3.79. The van der Waals surface area contributed by atoms with Crippen molar-refractivity contribution in [3.05, 3.63) is 33.6 Å². The van der Waals surface area contributed by atoms with Gasteiger partial charge in [-0.3, -0.25) is 19.9 Å². The first-order chi connectivity index (χ1) is 8.41. The minimum absolute atomic E-state index is 0.108. The lowest BCUT2D eigenvalue weighted by molar-refractivity contribution is -0.385. The molecule has 0 aliphatic heterocycles. The molecule has 0 amide bonds. The van der Waals surface area contributed by atoms with Crippen LogP contribution >= 0.6 is 0 Å². The maximum atomic E-state index is 10.9. The number of pyridine rings is 1. The molecule has 0 unspecified atom stereocenters. The number of ketones is 1. The van der Waals surface area contributed by atoms with Crippen LogP contribution in [0.15, 0.2) is 12.3 Å². The Labute approximate surface area is 103 Å². The highest BCUT2D eigenvalue weighted by atomic mass is 16.6. The zero-order valence-corrected chi connectivity index (χ0v) is 9.75. The van der Waals surface area contributed by atoms with Gasteiger partial charge in [0.1, 0.15) is 6.20 Å². The minimum Gasteiger partial charge on any atom is -0.476 e. The van der Waals surface area contributed by atoms with Crippen LogP contribution in [-0.2, 0) is 16.0 Å². The molecule has 18 heavy (non-hydrogen) atoms. The normalized spacial score (nSPS) is 10.1. The summed E-state index contributed by atoms with van der Waals surface area (Å²) in [5.41, 5.74) is 0.995. The van der Waals surface area contributed by atoms with Gasteiger partial charge in [-0.25, -0.2) is 4.79 Å². The second kappa shape index (κ2) is 5.85. The zero-order chi connectivity index (χ0) is 13.7. The fourth-order valence-electron chi connectivity index (χ4n) is 1.52. The Morgan fingerprint density at radius 1 is 1.50 bits per heavy atom. The number of hydrogen-bond acceptors (Lipinski definition) is 5. The standard InChI is InChI=1S/C11H12N2O5/c1-7-5-8(9(6-12-7)13(17)18)3-2-4-10(14)11(15)16/h5-6H,2-4H2,1H3,(H,15,16). The molecule has 1 aromatic heterocycles. The Kier molecular flexibility index (Phi) is 4.47. The minimum atomic E-state index is -1.48. The molecule has 0 aliphatic carbocycles. The van der Waals surface area contributed by atoms with Crippen molar-refractivity contribution in [3.63, 3.8) is 0 Å². The van der Waals surface area contributed by atoms with Crippen molar-refractivity contribution in [3.8, 4) is 0 Å². The van der Waals surface area contributed by atoms with Crippen LogP contribution in [0.4, 0.5) is 5.69 Å². The Hall–Kier alpha value is -2.31. The van der Waals surface area contributed by atoms with E-state index in [1.54, 1.807) is 13.0 Å². The molecule has 96 valence electrons. The van der Waals surface area contributed by atoms with Gasteiger partial charge in [0.2, 0.25) is 5.78 Å². The van der Waals surface area contributed by atoms with Crippen molar-refractivity contribution < 1.29 is 19.6 Å². The zero-order valence-electron chi connectivity index (χ0n) is 9.75. The smallest absolute Gasteiger partial charge is 0.372 e. The molecular formula is C11H12N2O5. The molecule has 7 heteroatoms. The van der Waals surface area contributed by atoms with Gasteiger partial charge >= 0.3 is 5.97 Å². The summed E-state index contributed by atoms with van der Waals surface area (Å²) in [4.78, 5) is 35.2. The summed E-state index contributed by atoms with van der Waals surface area (Å²) < 4.78 is 0. The second-order valence-electron chi connectivity index (χ2n) is 3.79. The Morgan fingerprint density at radius 3 is 2.72 bits per heavy atom. The van der Waals surface area contributed by atoms with Gasteiger partial charge in [0.25, 0.3) is 5.69 Å². The van der Waals surface area contributed by atoms with E-state index < -0.39 is 16.7 Å². The highest BCUT2D eigenvalue weighted by molar-refractivity contribution is 6.32. The number of nitro groups is 1. The topological polar surface area (TPSA) is 110 Å². The van der Waals surface area contributed by atoms with E-state index in [-0.39, 0.29) is 24.9 Å². The molecule has 1 rings (SSSR count). The highest BCUT2D eigenvalue weighted by Crippen LogP contribution is 2.20. The third-order valence-corrected chi connectivity index (χ3v) is 2.39. The lowest BCUT2D eigenvalue weighted by Crippen LogP contribution is -2.12. The highest BCUT2D eigenvalue weighted by Gasteiger charge is 2.16. The average Bonchev–Trinajstić information content (AvgIpc) is 2.28. The number of carbonyl (C=O) groups excluding carboxylic acids is 1. The van der Waals surface area contributed by atoms with E-state index >= 15 is 0 Å². The average molecular weight is 252 g/mol. The van der Waals surface area contributed by atoms with Gasteiger partial charge in [-0.1, -0.05) is 0 Å². The molecule has 0 atom stereocenters. The number of carboxylic acid groups (broad SMARTS) is 1. The number of carboxylic acids is 1. The van der Waals surface area contributed by atoms with E-state index in [0.717, 1.165) is 0 Å². The molecule has 0 saturated heterocycles. The monoisotopic (exact) mass is 252 g/mol. The number of rotatable bonds is 6. The number of nitrogens with zero attached hydrogens (tertiary/aromatic N) is 2. The van der Waals surface area contributed by atoms with Crippen molar-refractivity contribution in [1.82, 2.24) is 4.98 Å². The third kappa shape index (κ3) is 3.62. The van der Waals surface area contributed by atoms with Gasteiger partial charge in [0.05, 0.1) is 4.92 Å². The van der Waals surface area contributed by atoms with Gasteiger partial charge in [-0.2, -0.15) is 0 Å². The molecular weight excluding hydrogens is 240 g/mol. The lowest BCUT2D eigenvalue weighted by Gasteiger charge is -2.02. The largest absolute Gasteiger partial charge is 0.476 e. The summed E-state index contributed by atoms with van der Waals surface area (Å²) in [6, 6.07) is 1.57. The molecule has 0 aliphatic rings. The van der Waals surface area contributed by atoms with Crippen LogP contribution in [0.5, 0.6) is 0 Å². The van der Waals surface area contributed by atoms with E-state index in [1.807, 2.05) is 0 Å². The fraction of sp³-hybridized carbons (Fsp3) is 0.364. The van der Waals surface area contributed by atoms with Crippen LogP contribution in [0, 0.1) is 17.0 Å². The fourth-order valence-corrected chi connectivity index (χ4v) is 1.52. The number of carbonyl (C=O) groups is 2. The number of aryl methyl sites for hydroxylation is 2. The number of aromatic nitrogens is 1. The predicted molar refractivity (Wildman–Crippen MR) is 61.2 cm³/mol. The van der Waals surface area contributed by atoms with Gasteiger partial charge in [0, 0.05) is 17.7 Å². The van der Waals surface area contributed by atoms with Gasteiger partial charge < -0.3 is 5.11 Å². The van der Waals surface area contributed by atoms with Crippen molar-refractivity contribution in [2.24, 2.45) is 0 Å². The number of aliphatic carboxylic acids is 1. The molecule has 0 bridgehead atoms. The van der Waals surface area contributed by atoms with Gasteiger partial charge in [0.15, 0.2) is 0 Å². The molecule has 0 aromatic carbocycles. The van der Waals surface area contributed by atoms with E-state index in [9.17, 15) is 19.7 Å². The lowest BCUT2D eigenvalue weighted by atomic mass is 10.1. The maximum absolute atomic E-state index is 10.9. The Bertz CT molecular complexity index is 498. The predicted octanol–water partition coefficient (Wildman–Crippen LogP) is 1.27. The molecule has 1 N–H and O–H groups in total. The van der Waals surface area contributed by atoms with Gasteiger partial charge in [-0.15, -0.1) is 0 Å². The molecule has 1 aromatic rings. The van der Waals surface area contributed by atoms with E-state index in [4.69, 9.17) is 5.11 Å². The third-order valence-electron chi connectivity index (χ3n) is 2.39. The van der Waals surface area contributed by atoms with Crippen LogP contribution in [0.2, 0.25) is 0 Å². The van der Waals surface area contributed by atoms with E-state index in [1.165, 1.54) is 6.20 Å². The van der Waals surface area contributed by atoms with Crippen molar-refractivity contribution in [2.75, 3.05) is 0 Å². The summed E-state index contributed by atoms with van der Waals surface area (Å²) in [6.45, 7) is 1.70. The summed E-state index contributed by atoms with van der Waals surface area (Å²) in [7, 11) is 0. The molecule has 1 heterocycles. The first kappa shape index (κ1) is 13.8. The van der Waals surface area contributed by atoms with Gasteiger partial charge in [-0.05, 0) is 25.8 Å². The summed E-state index contributed by atoms with van der Waals surface area (Å²) >= 11 is 0. The van der Waals surface area contributed by atoms with E-state index in [0.29, 0.717) is 11.3 Å². The SMILES string of the molecule is Cc1cc(CCCC(=O)C(=O)O)c([N+](=O)[O-])cn1. The Morgan fingerprint density at radius 2 is 2.17 bits per heavy atom. The van der Waals surface area contributed by atoms with Crippen molar-refractivity contribution >= 4 is 17.4 Å². The summed E-state index contributed by atoms with van der Waals surface area (Å²) in [5, 5.41) is 19.1. The van der Waals surface area contributed by atoms with Crippen LogP contribution in [0.1, 0.15) is 24.1 Å². The first-order valence-electron chi connectivity index (χ1n) is 5.28. The summed E-state index contributed by atoms with van der Waals surface area (Å²) in [6.07, 6.45) is 1.58. The van der Waals surface area contributed by atoms with Crippen LogP contribution in [-0.4, -0.2) is 26.8 Å². The number of hydrogen-bond donors (Lipinski definition) is 1. The van der Waals surface area contributed by atoms with E-state index in [2.05, 4.69) is 4.98 Å². The van der Waals surface area contributed by atoms with Crippen molar-refractivity contribution in [2.45, 2.75) is 26.2 Å². The van der Waals surface area contributed by atoms with Crippen molar-refractivity contribution in [1.29, 1.82) is 0 Å². The van der Waals surface area contributed by atoms with Crippen LogP contribution < -0.4 is 0 Å². The number of Topliss-reactive ketones (excluding diaryl/α,β-unsaturated/α-hetero) is 1. The molecule has 0 radical (unpaired) electrons. The maximum Gasteiger partial charge on any atom is 0.372 e. The van der Waals surface area contributed by atoms with Crippen LogP contribution in [0.3, 0.4) is 0 Å². The molecule has 0 spiro atoms. The molecule has 0 fully saturated rings. The quantitative estimate of drug-likeness (QED) is 0.463. The summed E-state index contributed by atoms with van der Waals surface area (Å²) in [5.74, 6) is -2.36. The molecule has 7 nitrogen and oxygen atoms in total.